The first-order chi connectivity index (χ1) is 12.5. The first-order valence-electron chi connectivity index (χ1n) is 8.47. The van der Waals surface area contributed by atoms with E-state index in [0.717, 1.165) is 42.6 Å². The minimum atomic E-state index is -4.39. The van der Waals surface area contributed by atoms with Crippen molar-refractivity contribution < 1.29 is 13.2 Å². The molecule has 1 N–H and O–H groups in total. The van der Waals surface area contributed by atoms with Gasteiger partial charge in [-0.1, -0.05) is 30.3 Å². The Bertz CT molecular complexity index is 749. The third-order valence-corrected chi connectivity index (χ3v) is 5.25. The van der Waals surface area contributed by atoms with Crippen molar-refractivity contribution in [3.8, 4) is 0 Å². The number of alkyl halides is 3. The fourth-order valence-electron chi connectivity index (χ4n) is 3.15. The third kappa shape index (κ3) is 6.06. The molecule has 1 aromatic heterocycles. The van der Waals surface area contributed by atoms with E-state index in [1.54, 1.807) is 7.05 Å². The van der Waals surface area contributed by atoms with Gasteiger partial charge in [0.05, 0.1) is 6.54 Å². The quantitative estimate of drug-likeness (QED) is 0.376. The Kier molecular flexibility index (Phi) is 7.90. The smallest absolute Gasteiger partial charge is 0.350 e. The lowest BCUT2D eigenvalue weighted by atomic mass is 9.99. The average Bonchev–Trinajstić information content (AvgIpc) is 3.26. The topological polar surface area (TPSA) is 40.5 Å². The van der Waals surface area contributed by atoms with E-state index in [9.17, 15) is 13.2 Å². The molecule has 2 heterocycles. The minimum Gasteiger partial charge on any atom is -0.350 e. The van der Waals surface area contributed by atoms with Gasteiger partial charge in [-0.25, -0.2) is 4.98 Å². The minimum absolute atomic E-state index is 0. The zero-order valence-electron chi connectivity index (χ0n) is 14.9. The summed E-state index contributed by atoms with van der Waals surface area (Å²) in [6.07, 6.45) is -2.29. The van der Waals surface area contributed by atoms with Crippen LogP contribution in [0.25, 0.3) is 0 Å². The van der Waals surface area contributed by atoms with Gasteiger partial charge in [-0.3, -0.25) is 4.99 Å². The lowest BCUT2D eigenvalue weighted by Crippen LogP contribution is -2.39. The number of guanidine groups is 1. The van der Waals surface area contributed by atoms with E-state index in [0.29, 0.717) is 16.9 Å². The van der Waals surface area contributed by atoms with Crippen LogP contribution in [0.5, 0.6) is 0 Å². The molecule has 0 aliphatic carbocycles. The summed E-state index contributed by atoms with van der Waals surface area (Å²) in [6, 6.07) is 10.4. The molecule has 1 aliphatic heterocycles. The maximum absolute atomic E-state index is 12.6. The van der Waals surface area contributed by atoms with Crippen molar-refractivity contribution in [3.63, 3.8) is 0 Å². The number of hydrogen-bond donors (Lipinski definition) is 1. The van der Waals surface area contributed by atoms with Crippen molar-refractivity contribution in [2.75, 3.05) is 20.1 Å². The molecule has 148 valence electrons. The summed E-state index contributed by atoms with van der Waals surface area (Å²) in [4.78, 5) is 10.1. The number of aliphatic imine (C=N–C) groups is 1. The summed E-state index contributed by atoms with van der Waals surface area (Å²) < 4.78 is 37.9. The molecule has 1 saturated heterocycles. The number of rotatable bonds is 4. The van der Waals surface area contributed by atoms with Crippen LogP contribution >= 0.6 is 35.3 Å². The fourth-order valence-corrected chi connectivity index (χ4v) is 3.89. The van der Waals surface area contributed by atoms with Gasteiger partial charge in [-0.15, -0.1) is 35.3 Å². The normalized spacial score (nSPS) is 17.7. The highest BCUT2D eigenvalue weighted by Crippen LogP contribution is 2.30. The first kappa shape index (κ1) is 21.9. The number of nitrogens with one attached hydrogen (secondary N) is 1. The molecule has 1 fully saturated rings. The predicted octanol–water partition coefficient (Wildman–Crippen LogP) is 4.42. The zero-order valence-corrected chi connectivity index (χ0v) is 18.0. The molecule has 2 aromatic rings. The molecule has 0 spiro atoms. The lowest BCUT2D eigenvalue weighted by molar-refractivity contribution is -0.140. The Labute approximate surface area is 177 Å². The number of nitrogens with zero attached hydrogens (tertiary/aromatic N) is 3. The molecule has 0 radical (unpaired) electrons. The largest absolute Gasteiger partial charge is 0.434 e. The van der Waals surface area contributed by atoms with Crippen molar-refractivity contribution in [2.45, 2.75) is 25.6 Å². The van der Waals surface area contributed by atoms with Gasteiger partial charge in [0.1, 0.15) is 5.01 Å². The van der Waals surface area contributed by atoms with Gasteiger partial charge in [0.25, 0.3) is 0 Å². The summed E-state index contributed by atoms with van der Waals surface area (Å²) in [5.41, 5.74) is 0.489. The second-order valence-electron chi connectivity index (χ2n) is 6.32. The molecule has 0 saturated carbocycles. The Morgan fingerprint density at radius 3 is 2.70 bits per heavy atom. The maximum Gasteiger partial charge on any atom is 0.434 e. The van der Waals surface area contributed by atoms with E-state index < -0.39 is 11.9 Å². The van der Waals surface area contributed by atoms with Gasteiger partial charge in [-0.05, 0) is 24.3 Å². The van der Waals surface area contributed by atoms with Gasteiger partial charge in [0, 0.05) is 25.5 Å². The molecule has 4 nitrogen and oxygen atoms in total. The molecule has 27 heavy (non-hydrogen) atoms. The van der Waals surface area contributed by atoms with Crippen LogP contribution in [0.3, 0.4) is 0 Å². The molecule has 9 heteroatoms. The molecular formula is C18H22F3IN4S. The molecule has 1 atom stereocenters. The van der Waals surface area contributed by atoms with Crippen molar-refractivity contribution in [1.29, 1.82) is 0 Å². The van der Waals surface area contributed by atoms with Gasteiger partial charge >= 0.3 is 6.18 Å². The highest BCUT2D eigenvalue weighted by molar-refractivity contribution is 14.0. The number of aromatic nitrogens is 1. The molecule has 1 unspecified atom stereocenters. The molecule has 1 aromatic carbocycles. The SMILES string of the molecule is CN=C(NCc1nc(C(F)(F)F)cs1)N1CCC(Cc2ccccc2)C1.I. The maximum atomic E-state index is 12.6. The summed E-state index contributed by atoms with van der Waals surface area (Å²) in [5, 5.41) is 4.58. The molecule has 1 aliphatic rings. The van der Waals surface area contributed by atoms with Crippen molar-refractivity contribution in [1.82, 2.24) is 15.2 Å². The Morgan fingerprint density at radius 1 is 1.33 bits per heavy atom. The number of likely N-dealkylation sites (tertiary alicyclic amines) is 1. The van der Waals surface area contributed by atoms with E-state index in [-0.39, 0.29) is 30.5 Å². The van der Waals surface area contributed by atoms with Crippen LogP contribution in [-0.2, 0) is 19.1 Å². The first-order valence-corrected chi connectivity index (χ1v) is 9.35. The predicted molar refractivity (Wildman–Crippen MR) is 113 cm³/mol. The molecule has 0 amide bonds. The number of benzene rings is 1. The number of hydrogen-bond acceptors (Lipinski definition) is 3. The van der Waals surface area contributed by atoms with Crippen LogP contribution in [0.2, 0.25) is 0 Å². The standard InChI is InChI=1S/C18H21F3N4S.HI/c1-22-17(23-10-16-24-15(12-26-16)18(19,20)21)25-8-7-14(11-25)9-13-5-3-2-4-6-13;/h2-6,12,14H,7-11H2,1H3,(H,22,23);1H. The van der Waals surface area contributed by atoms with Crippen molar-refractivity contribution >= 4 is 41.3 Å². The fraction of sp³-hybridized carbons (Fsp3) is 0.444. The Morgan fingerprint density at radius 2 is 2.07 bits per heavy atom. The average molecular weight is 510 g/mol. The van der Waals surface area contributed by atoms with Crippen LogP contribution < -0.4 is 5.32 Å². The highest BCUT2D eigenvalue weighted by Gasteiger charge is 2.33. The van der Waals surface area contributed by atoms with Gasteiger partial charge in [-0.2, -0.15) is 13.2 Å². The van der Waals surface area contributed by atoms with Crippen LogP contribution in [0.15, 0.2) is 40.7 Å². The van der Waals surface area contributed by atoms with E-state index in [4.69, 9.17) is 0 Å². The molecular weight excluding hydrogens is 488 g/mol. The van der Waals surface area contributed by atoms with E-state index in [2.05, 4.69) is 32.3 Å². The zero-order chi connectivity index (χ0) is 18.6. The second-order valence-corrected chi connectivity index (χ2v) is 7.26. The van der Waals surface area contributed by atoms with Crippen LogP contribution in [-0.4, -0.2) is 36.0 Å². The third-order valence-electron chi connectivity index (χ3n) is 4.40. The summed E-state index contributed by atoms with van der Waals surface area (Å²) in [5.74, 6) is 1.26. The monoisotopic (exact) mass is 510 g/mol. The van der Waals surface area contributed by atoms with Crippen LogP contribution in [0, 0.1) is 5.92 Å². The van der Waals surface area contributed by atoms with Gasteiger partial charge in [0.2, 0.25) is 0 Å². The molecule has 0 bridgehead atoms. The Balaban J connectivity index is 0.00000261. The number of halogens is 4. The van der Waals surface area contributed by atoms with Crippen LogP contribution in [0.1, 0.15) is 22.7 Å². The summed E-state index contributed by atoms with van der Waals surface area (Å²) in [6.45, 7) is 2.02. The Hall–Kier alpha value is -1.36. The van der Waals surface area contributed by atoms with E-state index in [1.807, 2.05) is 18.2 Å². The van der Waals surface area contributed by atoms with Gasteiger partial charge < -0.3 is 10.2 Å². The highest BCUT2D eigenvalue weighted by atomic mass is 127. The van der Waals surface area contributed by atoms with E-state index in [1.165, 1.54) is 5.56 Å². The summed E-state index contributed by atoms with van der Waals surface area (Å²) >= 11 is 1.01. The summed E-state index contributed by atoms with van der Waals surface area (Å²) in [7, 11) is 1.69. The van der Waals surface area contributed by atoms with E-state index >= 15 is 0 Å². The molecule has 3 rings (SSSR count). The van der Waals surface area contributed by atoms with Gasteiger partial charge in [0.15, 0.2) is 11.7 Å². The van der Waals surface area contributed by atoms with Crippen LogP contribution in [0.4, 0.5) is 13.2 Å². The second kappa shape index (κ2) is 9.72. The van der Waals surface area contributed by atoms with Crippen molar-refractivity contribution in [2.24, 2.45) is 10.9 Å². The van der Waals surface area contributed by atoms with Crippen molar-refractivity contribution in [3.05, 3.63) is 52.0 Å². The number of thiazole rings is 1. The lowest BCUT2D eigenvalue weighted by Gasteiger charge is -2.21.